The normalized spacial score (nSPS) is 12.6. The fourth-order valence-corrected chi connectivity index (χ4v) is 3.19. The van der Waals surface area contributed by atoms with Gasteiger partial charge in [-0.15, -0.1) is 11.3 Å². The minimum atomic E-state index is 0.321. The summed E-state index contributed by atoms with van der Waals surface area (Å²) in [6, 6.07) is 4.59. The van der Waals surface area contributed by atoms with Gasteiger partial charge in [-0.25, -0.2) is 4.98 Å². The number of aromatic nitrogens is 2. The lowest BCUT2D eigenvalue weighted by Crippen LogP contribution is -2.24. The molecule has 2 rings (SSSR count). The molecule has 2 aromatic heterocycles. The fourth-order valence-electron chi connectivity index (χ4n) is 2.21. The zero-order valence-corrected chi connectivity index (χ0v) is 13.5. The molecule has 4 heteroatoms. The molecule has 108 valence electrons. The largest absolute Gasteiger partial charge is 0.310 e. The van der Waals surface area contributed by atoms with E-state index >= 15 is 0 Å². The topological polar surface area (TPSA) is 37.8 Å². The van der Waals surface area contributed by atoms with E-state index in [1.807, 2.05) is 24.5 Å². The first-order chi connectivity index (χ1) is 9.60. The molecule has 1 N–H and O–H groups in total. The molecule has 20 heavy (non-hydrogen) atoms. The van der Waals surface area contributed by atoms with Crippen LogP contribution in [0.1, 0.15) is 46.2 Å². The number of nitrogens with one attached hydrogen (secondary N) is 1. The molecule has 0 fully saturated rings. The third-order valence-corrected chi connectivity index (χ3v) is 4.51. The average Bonchev–Trinajstić information content (AvgIpc) is 2.73. The zero-order chi connectivity index (χ0) is 14.5. The highest BCUT2D eigenvalue weighted by Crippen LogP contribution is 2.23. The van der Waals surface area contributed by atoms with Crippen LogP contribution >= 0.6 is 11.3 Å². The molecule has 0 saturated carbocycles. The van der Waals surface area contributed by atoms with Crippen LogP contribution in [0.5, 0.6) is 0 Å². The first kappa shape index (κ1) is 15.1. The van der Waals surface area contributed by atoms with E-state index in [4.69, 9.17) is 0 Å². The molecule has 2 heterocycles. The van der Waals surface area contributed by atoms with Gasteiger partial charge in [0.1, 0.15) is 0 Å². The molecule has 0 aliphatic heterocycles. The smallest absolute Gasteiger partial charge is 0.0949 e. The Balaban J connectivity index is 2.18. The van der Waals surface area contributed by atoms with E-state index in [1.54, 1.807) is 0 Å². The molecular weight excluding hydrogens is 266 g/mol. The van der Waals surface area contributed by atoms with Gasteiger partial charge < -0.3 is 5.32 Å². The summed E-state index contributed by atoms with van der Waals surface area (Å²) in [7, 11) is 0. The van der Waals surface area contributed by atoms with Crippen LogP contribution in [0, 0.1) is 20.8 Å². The summed E-state index contributed by atoms with van der Waals surface area (Å²) in [6.07, 6.45) is 3.98. The first-order valence-corrected chi connectivity index (χ1v) is 8.00. The van der Waals surface area contributed by atoms with Crippen LogP contribution in [0.25, 0.3) is 0 Å². The second-order valence-electron chi connectivity index (χ2n) is 5.19. The molecule has 0 aliphatic carbocycles. The minimum Gasteiger partial charge on any atom is -0.310 e. The molecule has 0 bridgehead atoms. The number of rotatable bonds is 6. The van der Waals surface area contributed by atoms with Crippen molar-refractivity contribution in [3.05, 3.63) is 45.2 Å². The van der Waals surface area contributed by atoms with Crippen LogP contribution in [0.2, 0.25) is 0 Å². The van der Waals surface area contributed by atoms with Crippen LogP contribution in [-0.2, 0) is 6.42 Å². The van der Waals surface area contributed by atoms with Gasteiger partial charge in [-0.3, -0.25) is 4.98 Å². The number of hydrogen-bond donors (Lipinski definition) is 1. The van der Waals surface area contributed by atoms with Gasteiger partial charge in [0.25, 0.3) is 0 Å². The van der Waals surface area contributed by atoms with Gasteiger partial charge in [0.15, 0.2) is 0 Å². The zero-order valence-electron chi connectivity index (χ0n) is 12.7. The summed E-state index contributed by atoms with van der Waals surface area (Å²) in [6.45, 7) is 9.48. The summed E-state index contributed by atoms with van der Waals surface area (Å²) < 4.78 is 0. The van der Waals surface area contributed by atoms with Crippen molar-refractivity contribution in [1.82, 2.24) is 15.3 Å². The Hall–Kier alpha value is -1.26. The van der Waals surface area contributed by atoms with E-state index in [-0.39, 0.29) is 0 Å². The van der Waals surface area contributed by atoms with Crippen molar-refractivity contribution in [3.63, 3.8) is 0 Å². The fraction of sp³-hybridized carbons (Fsp3) is 0.500. The van der Waals surface area contributed by atoms with Crippen LogP contribution in [0.4, 0.5) is 0 Å². The van der Waals surface area contributed by atoms with Crippen molar-refractivity contribution in [3.8, 4) is 0 Å². The van der Waals surface area contributed by atoms with E-state index in [1.165, 1.54) is 15.4 Å². The molecular formula is C16H23N3S. The maximum absolute atomic E-state index is 4.67. The van der Waals surface area contributed by atoms with Crippen molar-refractivity contribution in [2.75, 3.05) is 6.54 Å². The molecule has 3 nitrogen and oxygen atoms in total. The standard InChI is InChI=1S/C16H23N3S/c1-5-7-18-15(14-6-8-17-11(2)9-14)10-16-19-12(3)13(4)20-16/h6,8-9,15,18H,5,7,10H2,1-4H3. The number of thiazole rings is 1. The Labute approximate surface area is 125 Å². The van der Waals surface area contributed by atoms with Crippen LogP contribution < -0.4 is 5.32 Å². The van der Waals surface area contributed by atoms with Gasteiger partial charge in [0.05, 0.1) is 10.7 Å². The lowest BCUT2D eigenvalue weighted by atomic mass is 10.0. The summed E-state index contributed by atoms with van der Waals surface area (Å²) in [4.78, 5) is 10.3. The van der Waals surface area contributed by atoms with Gasteiger partial charge >= 0.3 is 0 Å². The van der Waals surface area contributed by atoms with Gasteiger partial charge in [-0.2, -0.15) is 0 Å². The van der Waals surface area contributed by atoms with Gasteiger partial charge in [-0.05, 0) is 51.4 Å². The Kier molecular flexibility index (Phi) is 5.26. The van der Waals surface area contributed by atoms with Crippen molar-refractivity contribution in [1.29, 1.82) is 0 Å². The number of nitrogens with zero attached hydrogens (tertiary/aromatic N) is 2. The summed E-state index contributed by atoms with van der Waals surface area (Å²) in [5.41, 5.74) is 3.53. The summed E-state index contributed by atoms with van der Waals surface area (Å²) in [5, 5.41) is 4.84. The van der Waals surface area contributed by atoms with Crippen molar-refractivity contribution >= 4 is 11.3 Å². The lowest BCUT2D eigenvalue weighted by molar-refractivity contribution is 0.527. The van der Waals surface area contributed by atoms with Crippen molar-refractivity contribution in [2.45, 2.75) is 46.6 Å². The quantitative estimate of drug-likeness (QED) is 0.880. The maximum atomic E-state index is 4.67. The van der Waals surface area contributed by atoms with E-state index in [0.717, 1.165) is 30.8 Å². The molecule has 0 aliphatic rings. The molecule has 0 saturated heterocycles. The Morgan fingerprint density at radius 3 is 2.70 bits per heavy atom. The van der Waals surface area contributed by atoms with E-state index in [0.29, 0.717) is 6.04 Å². The molecule has 1 atom stereocenters. The molecule has 1 unspecified atom stereocenters. The van der Waals surface area contributed by atoms with E-state index in [9.17, 15) is 0 Å². The second kappa shape index (κ2) is 6.95. The second-order valence-corrected chi connectivity index (χ2v) is 6.48. The monoisotopic (exact) mass is 289 g/mol. The average molecular weight is 289 g/mol. The molecule has 0 aromatic carbocycles. The number of pyridine rings is 1. The highest BCUT2D eigenvalue weighted by molar-refractivity contribution is 7.11. The molecule has 0 radical (unpaired) electrons. The third kappa shape index (κ3) is 3.87. The van der Waals surface area contributed by atoms with Crippen molar-refractivity contribution < 1.29 is 0 Å². The van der Waals surface area contributed by atoms with Crippen LogP contribution in [0.15, 0.2) is 18.3 Å². The minimum absolute atomic E-state index is 0.321. The van der Waals surface area contributed by atoms with Gasteiger partial charge in [0, 0.05) is 29.2 Å². The van der Waals surface area contributed by atoms with Crippen LogP contribution in [-0.4, -0.2) is 16.5 Å². The SMILES string of the molecule is CCCNC(Cc1nc(C)c(C)s1)c1ccnc(C)c1. The highest BCUT2D eigenvalue weighted by Gasteiger charge is 2.15. The molecule has 2 aromatic rings. The number of aryl methyl sites for hydroxylation is 3. The Morgan fingerprint density at radius 2 is 2.10 bits per heavy atom. The number of hydrogen-bond acceptors (Lipinski definition) is 4. The van der Waals surface area contributed by atoms with E-state index in [2.05, 4.69) is 48.2 Å². The van der Waals surface area contributed by atoms with Gasteiger partial charge in [-0.1, -0.05) is 6.92 Å². The summed E-state index contributed by atoms with van der Waals surface area (Å²) in [5.74, 6) is 0. The lowest BCUT2D eigenvalue weighted by Gasteiger charge is -2.18. The third-order valence-electron chi connectivity index (χ3n) is 3.42. The van der Waals surface area contributed by atoms with Crippen LogP contribution in [0.3, 0.4) is 0 Å². The van der Waals surface area contributed by atoms with E-state index < -0.39 is 0 Å². The predicted octanol–water partition coefficient (Wildman–Crippen LogP) is 3.75. The predicted molar refractivity (Wildman–Crippen MR) is 85.3 cm³/mol. The first-order valence-electron chi connectivity index (χ1n) is 7.19. The van der Waals surface area contributed by atoms with Crippen molar-refractivity contribution in [2.24, 2.45) is 0 Å². The highest BCUT2D eigenvalue weighted by atomic mass is 32.1. The molecule has 0 amide bonds. The Bertz CT molecular complexity index is 543. The summed E-state index contributed by atoms with van der Waals surface area (Å²) >= 11 is 1.81. The maximum Gasteiger partial charge on any atom is 0.0949 e. The molecule has 0 spiro atoms. The Morgan fingerprint density at radius 1 is 1.30 bits per heavy atom. The van der Waals surface area contributed by atoms with Gasteiger partial charge in [0.2, 0.25) is 0 Å².